The summed E-state index contributed by atoms with van der Waals surface area (Å²) in [5.74, 6) is 1.01. The van der Waals surface area contributed by atoms with Gasteiger partial charge in [-0.15, -0.1) is 0 Å². The first-order valence-electron chi connectivity index (χ1n) is 9.12. The SMILES string of the molecule is COOCc1ccn2c(NCc3ccccc3)c(C3=CCCN3C)nc2c1. The van der Waals surface area contributed by atoms with Gasteiger partial charge in [0.15, 0.2) is 0 Å². The zero-order valence-corrected chi connectivity index (χ0v) is 15.7. The molecule has 0 atom stereocenters. The minimum Gasteiger partial charge on any atom is -0.373 e. The summed E-state index contributed by atoms with van der Waals surface area (Å²) in [4.78, 5) is 16.9. The van der Waals surface area contributed by atoms with Gasteiger partial charge in [0.2, 0.25) is 0 Å². The first-order chi connectivity index (χ1) is 13.3. The number of rotatable bonds is 7. The smallest absolute Gasteiger partial charge is 0.140 e. The summed E-state index contributed by atoms with van der Waals surface area (Å²) in [7, 11) is 3.63. The van der Waals surface area contributed by atoms with Gasteiger partial charge in [0.1, 0.15) is 23.8 Å². The molecule has 0 unspecified atom stereocenters. The van der Waals surface area contributed by atoms with Crippen LogP contribution in [0, 0.1) is 0 Å². The van der Waals surface area contributed by atoms with E-state index in [4.69, 9.17) is 14.8 Å². The highest BCUT2D eigenvalue weighted by atomic mass is 17.2. The van der Waals surface area contributed by atoms with Crippen molar-refractivity contribution in [1.82, 2.24) is 14.3 Å². The Hall–Kier alpha value is -2.83. The lowest BCUT2D eigenvalue weighted by Gasteiger charge is -2.16. The Morgan fingerprint density at radius 3 is 2.74 bits per heavy atom. The van der Waals surface area contributed by atoms with Gasteiger partial charge in [0.05, 0.1) is 12.8 Å². The molecule has 6 heteroatoms. The molecule has 1 N–H and O–H groups in total. The Labute approximate surface area is 159 Å². The zero-order chi connectivity index (χ0) is 18.6. The predicted molar refractivity (Wildman–Crippen MR) is 106 cm³/mol. The second-order valence-corrected chi connectivity index (χ2v) is 6.64. The Morgan fingerprint density at radius 2 is 2.00 bits per heavy atom. The maximum absolute atomic E-state index is 5.06. The van der Waals surface area contributed by atoms with E-state index in [1.165, 1.54) is 18.4 Å². The van der Waals surface area contributed by atoms with Crippen LogP contribution in [0.2, 0.25) is 0 Å². The molecule has 0 saturated heterocycles. The van der Waals surface area contributed by atoms with Crippen LogP contribution in [0.15, 0.2) is 54.7 Å². The van der Waals surface area contributed by atoms with Crippen LogP contribution >= 0.6 is 0 Å². The number of anilines is 1. The van der Waals surface area contributed by atoms with Gasteiger partial charge in [0.25, 0.3) is 0 Å². The Bertz CT molecular complexity index is 949. The molecule has 3 heterocycles. The van der Waals surface area contributed by atoms with Crippen LogP contribution in [-0.2, 0) is 22.9 Å². The summed E-state index contributed by atoms with van der Waals surface area (Å²) in [5, 5.41) is 3.59. The van der Waals surface area contributed by atoms with Crippen molar-refractivity contribution in [1.29, 1.82) is 0 Å². The van der Waals surface area contributed by atoms with Crippen molar-refractivity contribution in [2.75, 3.05) is 26.0 Å². The van der Waals surface area contributed by atoms with Gasteiger partial charge in [-0.1, -0.05) is 36.4 Å². The van der Waals surface area contributed by atoms with Gasteiger partial charge in [0, 0.05) is 26.3 Å². The number of nitrogens with one attached hydrogen (secondary N) is 1. The summed E-state index contributed by atoms with van der Waals surface area (Å²) in [6.45, 7) is 2.16. The fraction of sp³-hybridized carbons (Fsp3) is 0.286. The first kappa shape index (κ1) is 17.6. The molecule has 1 aromatic carbocycles. The fourth-order valence-electron chi connectivity index (χ4n) is 3.38. The largest absolute Gasteiger partial charge is 0.373 e. The van der Waals surface area contributed by atoms with E-state index in [1.807, 2.05) is 24.4 Å². The molecule has 0 saturated carbocycles. The fourth-order valence-corrected chi connectivity index (χ4v) is 3.38. The van der Waals surface area contributed by atoms with E-state index in [0.717, 1.165) is 42.2 Å². The van der Waals surface area contributed by atoms with Crippen LogP contribution in [0.4, 0.5) is 5.82 Å². The number of hydrogen-bond donors (Lipinski definition) is 1. The third kappa shape index (κ3) is 3.67. The van der Waals surface area contributed by atoms with Crippen LogP contribution < -0.4 is 5.32 Å². The number of imidazole rings is 1. The predicted octanol–water partition coefficient (Wildman–Crippen LogP) is 3.70. The van der Waals surface area contributed by atoms with Crippen molar-refractivity contribution in [3.8, 4) is 0 Å². The minimum atomic E-state index is 0.393. The third-order valence-corrected chi connectivity index (χ3v) is 4.79. The number of nitrogens with zero attached hydrogens (tertiary/aromatic N) is 3. The minimum absolute atomic E-state index is 0.393. The molecule has 0 bridgehead atoms. The number of aromatic nitrogens is 2. The molecule has 0 amide bonds. The van der Waals surface area contributed by atoms with Gasteiger partial charge in [-0.2, -0.15) is 0 Å². The Balaban J connectivity index is 1.71. The van der Waals surface area contributed by atoms with Gasteiger partial charge in [-0.25, -0.2) is 14.8 Å². The number of hydrogen-bond acceptors (Lipinski definition) is 5. The van der Waals surface area contributed by atoms with Crippen LogP contribution in [-0.4, -0.2) is 35.0 Å². The van der Waals surface area contributed by atoms with E-state index < -0.39 is 0 Å². The standard InChI is InChI=1S/C21H24N4O2/c1-24-11-6-9-18(24)20-21(22-14-16-7-4-3-5-8-16)25-12-10-17(15-27-26-2)13-19(25)23-20/h3-5,7-10,12-13,22H,6,11,14-15H2,1-2H3. The van der Waals surface area contributed by atoms with E-state index in [2.05, 4.69) is 52.0 Å². The molecule has 1 aliphatic rings. The van der Waals surface area contributed by atoms with E-state index in [-0.39, 0.29) is 0 Å². The van der Waals surface area contributed by atoms with Crippen LogP contribution in [0.25, 0.3) is 11.3 Å². The molecule has 2 aromatic heterocycles. The highest BCUT2D eigenvalue weighted by Crippen LogP contribution is 2.31. The molecule has 0 fully saturated rings. The Kier molecular flexibility index (Phi) is 5.09. The van der Waals surface area contributed by atoms with E-state index in [1.54, 1.807) is 0 Å². The van der Waals surface area contributed by atoms with Crippen LogP contribution in [0.5, 0.6) is 0 Å². The number of fused-ring (bicyclic) bond motifs is 1. The molecule has 0 aliphatic carbocycles. The lowest BCUT2D eigenvalue weighted by molar-refractivity contribution is -0.282. The summed E-state index contributed by atoms with van der Waals surface area (Å²) in [5.41, 5.74) is 5.29. The highest BCUT2D eigenvalue weighted by molar-refractivity contribution is 5.75. The maximum Gasteiger partial charge on any atom is 0.140 e. The summed E-state index contributed by atoms with van der Waals surface area (Å²) in [6.07, 6.45) is 5.33. The van der Waals surface area contributed by atoms with Crippen molar-refractivity contribution >= 4 is 17.2 Å². The lowest BCUT2D eigenvalue weighted by atomic mass is 10.2. The molecule has 3 aromatic rings. The van der Waals surface area contributed by atoms with Crippen LogP contribution in [0.3, 0.4) is 0 Å². The van der Waals surface area contributed by atoms with Crippen LogP contribution in [0.1, 0.15) is 23.2 Å². The molecule has 0 spiro atoms. The second kappa shape index (κ2) is 7.82. The van der Waals surface area contributed by atoms with Crippen molar-refractivity contribution in [3.63, 3.8) is 0 Å². The lowest BCUT2D eigenvalue weighted by Crippen LogP contribution is -2.14. The van der Waals surface area contributed by atoms with Crippen molar-refractivity contribution in [2.45, 2.75) is 19.6 Å². The van der Waals surface area contributed by atoms with Crippen molar-refractivity contribution in [2.24, 2.45) is 0 Å². The van der Waals surface area contributed by atoms with Gasteiger partial charge >= 0.3 is 0 Å². The Morgan fingerprint density at radius 1 is 1.15 bits per heavy atom. The zero-order valence-electron chi connectivity index (χ0n) is 15.7. The summed E-state index contributed by atoms with van der Waals surface area (Å²) in [6, 6.07) is 14.5. The van der Waals surface area contributed by atoms with E-state index in [0.29, 0.717) is 6.61 Å². The molecule has 1 aliphatic heterocycles. The summed E-state index contributed by atoms with van der Waals surface area (Å²) >= 11 is 0. The molecular formula is C21H24N4O2. The molecule has 27 heavy (non-hydrogen) atoms. The third-order valence-electron chi connectivity index (χ3n) is 4.79. The summed E-state index contributed by atoms with van der Waals surface area (Å²) < 4.78 is 2.10. The van der Waals surface area contributed by atoms with Gasteiger partial charge < -0.3 is 10.2 Å². The molecular weight excluding hydrogens is 340 g/mol. The van der Waals surface area contributed by atoms with Gasteiger partial charge in [-0.3, -0.25) is 4.40 Å². The monoisotopic (exact) mass is 364 g/mol. The van der Waals surface area contributed by atoms with Crippen molar-refractivity contribution in [3.05, 3.63) is 71.6 Å². The highest BCUT2D eigenvalue weighted by Gasteiger charge is 2.21. The van der Waals surface area contributed by atoms with Gasteiger partial charge in [-0.05, 0) is 29.7 Å². The molecule has 0 radical (unpaired) electrons. The van der Waals surface area contributed by atoms with E-state index >= 15 is 0 Å². The normalized spacial score (nSPS) is 14.0. The molecule has 6 nitrogen and oxygen atoms in total. The maximum atomic E-state index is 5.06. The van der Waals surface area contributed by atoms with Crippen molar-refractivity contribution < 1.29 is 9.78 Å². The average Bonchev–Trinajstić information content (AvgIpc) is 3.28. The topological polar surface area (TPSA) is 51.0 Å². The quantitative estimate of drug-likeness (QED) is 0.512. The number of pyridine rings is 1. The molecule has 4 rings (SSSR count). The van der Waals surface area contributed by atoms with E-state index in [9.17, 15) is 0 Å². The second-order valence-electron chi connectivity index (χ2n) is 6.64. The molecule has 140 valence electrons. The average molecular weight is 364 g/mol. The number of benzene rings is 1. The first-order valence-corrected chi connectivity index (χ1v) is 9.12.